The average molecular weight is 359 g/mol. The van der Waals surface area contributed by atoms with Gasteiger partial charge < -0.3 is 4.74 Å². The highest BCUT2D eigenvalue weighted by Crippen LogP contribution is 2.68. The fraction of sp³-hybridized carbons (Fsp3) is 0.875. The summed E-state index contributed by atoms with van der Waals surface area (Å²) in [5.74, 6) is 2.74. The lowest BCUT2D eigenvalue weighted by Gasteiger charge is -2.64. The van der Waals surface area contributed by atoms with Crippen LogP contribution in [0.25, 0.3) is 0 Å². The van der Waals surface area contributed by atoms with Gasteiger partial charge in [-0.3, -0.25) is 4.79 Å². The molecule has 0 saturated heterocycles. The Morgan fingerprint density at radius 3 is 2.54 bits per heavy atom. The van der Waals surface area contributed by atoms with E-state index in [1.807, 2.05) is 14.0 Å². The highest BCUT2D eigenvalue weighted by Gasteiger charge is 2.61. The molecule has 7 atom stereocenters. The quantitative estimate of drug-likeness (QED) is 0.570. The molecule has 0 bridgehead atoms. The third-order valence-electron chi connectivity index (χ3n) is 10.0. The molecule has 0 aromatic heterocycles. The van der Waals surface area contributed by atoms with Crippen LogP contribution >= 0.6 is 0 Å². The zero-order valence-corrected chi connectivity index (χ0v) is 17.6. The van der Waals surface area contributed by atoms with Crippen molar-refractivity contribution in [3.8, 4) is 0 Å². The second-order valence-corrected chi connectivity index (χ2v) is 10.6. The first-order valence-corrected chi connectivity index (χ1v) is 11.0. The monoisotopic (exact) mass is 358 g/mol. The number of ketones is 1. The van der Waals surface area contributed by atoms with E-state index in [-0.39, 0.29) is 10.8 Å². The summed E-state index contributed by atoms with van der Waals surface area (Å²) < 4.78 is 5.70. The van der Waals surface area contributed by atoms with Crippen LogP contribution in [0.5, 0.6) is 0 Å². The standard InChI is InChI=1S/C24H38O2/c1-16(25)23(3)12-6-7-21-19-9-8-17-15-18(26-5)10-13-22(17,2)20(19)11-14-24(21,23)4/h8,18-21H,6-7,9-15H2,1-5H3/t18-,19?,20?,21?,22-,23+,24?/m0/s1. The minimum atomic E-state index is -0.112. The van der Waals surface area contributed by atoms with Crippen LogP contribution in [-0.2, 0) is 9.53 Å². The molecule has 0 aromatic rings. The number of carbonyl (C=O) groups is 1. The molecule has 4 unspecified atom stereocenters. The number of rotatable bonds is 2. The number of Topliss-reactive ketones (excluding diaryl/α,β-unsaturated/α-hetero) is 1. The lowest BCUT2D eigenvalue weighted by molar-refractivity contribution is -0.160. The Morgan fingerprint density at radius 2 is 1.85 bits per heavy atom. The van der Waals surface area contributed by atoms with Gasteiger partial charge in [0.2, 0.25) is 0 Å². The zero-order valence-electron chi connectivity index (χ0n) is 17.6. The van der Waals surface area contributed by atoms with E-state index in [9.17, 15) is 4.79 Å². The molecule has 0 radical (unpaired) electrons. The van der Waals surface area contributed by atoms with Gasteiger partial charge in [-0.05, 0) is 86.9 Å². The summed E-state index contributed by atoms with van der Waals surface area (Å²) in [5, 5.41) is 0. The SMILES string of the molecule is CO[C@H]1CC[C@@]2(C)C(=CCC3C4CCC[C@](C)(C(C)=O)C4(C)CCC32)C1. The molecule has 3 saturated carbocycles. The maximum Gasteiger partial charge on any atom is 0.136 e. The predicted molar refractivity (Wildman–Crippen MR) is 106 cm³/mol. The van der Waals surface area contributed by atoms with Crippen molar-refractivity contribution in [3.05, 3.63) is 11.6 Å². The summed E-state index contributed by atoms with van der Waals surface area (Å²) in [6.07, 6.45) is 14.1. The van der Waals surface area contributed by atoms with Gasteiger partial charge in [-0.1, -0.05) is 38.8 Å². The molecule has 26 heavy (non-hydrogen) atoms. The van der Waals surface area contributed by atoms with Crippen molar-refractivity contribution in [1.29, 1.82) is 0 Å². The van der Waals surface area contributed by atoms with Crippen LogP contribution in [0, 0.1) is 34.0 Å². The van der Waals surface area contributed by atoms with E-state index < -0.39 is 0 Å². The number of ether oxygens (including phenoxy) is 1. The van der Waals surface area contributed by atoms with E-state index in [4.69, 9.17) is 4.74 Å². The molecular weight excluding hydrogens is 320 g/mol. The van der Waals surface area contributed by atoms with E-state index >= 15 is 0 Å². The second-order valence-electron chi connectivity index (χ2n) is 10.6. The van der Waals surface area contributed by atoms with Crippen molar-refractivity contribution in [2.45, 2.75) is 91.6 Å². The van der Waals surface area contributed by atoms with Crippen LogP contribution in [0.15, 0.2) is 11.6 Å². The molecule has 4 rings (SSSR count). The Labute approximate surface area is 160 Å². The summed E-state index contributed by atoms with van der Waals surface area (Å²) in [4.78, 5) is 12.7. The van der Waals surface area contributed by atoms with Gasteiger partial charge in [0.1, 0.15) is 5.78 Å². The van der Waals surface area contributed by atoms with Gasteiger partial charge >= 0.3 is 0 Å². The Balaban J connectivity index is 1.68. The molecule has 0 spiro atoms. The van der Waals surface area contributed by atoms with E-state index in [0.29, 0.717) is 17.3 Å². The highest BCUT2D eigenvalue weighted by atomic mass is 16.5. The molecule has 146 valence electrons. The van der Waals surface area contributed by atoms with Crippen molar-refractivity contribution in [2.24, 2.45) is 34.0 Å². The van der Waals surface area contributed by atoms with Crippen LogP contribution in [0.4, 0.5) is 0 Å². The summed E-state index contributed by atoms with van der Waals surface area (Å²) in [6, 6.07) is 0. The molecule has 0 amide bonds. The van der Waals surface area contributed by atoms with E-state index in [1.54, 1.807) is 5.57 Å². The van der Waals surface area contributed by atoms with Crippen molar-refractivity contribution in [3.63, 3.8) is 0 Å². The Bertz CT molecular complexity index is 622. The fourth-order valence-corrected chi connectivity index (χ4v) is 7.91. The first-order valence-electron chi connectivity index (χ1n) is 11.0. The Hall–Kier alpha value is -0.630. The van der Waals surface area contributed by atoms with Crippen LogP contribution in [0.3, 0.4) is 0 Å². The summed E-state index contributed by atoms with van der Waals surface area (Å²) >= 11 is 0. The number of fused-ring (bicyclic) bond motifs is 5. The minimum absolute atomic E-state index is 0.112. The van der Waals surface area contributed by atoms with Crippen LogP contribution in [0.1, 0.15) is 85.5 Å². The number of hydrogen-bond donors (Lipinski definition) is 0. The average Bonchev–Trinajstić information content (AvgIpc) is 2.61. The van der Waals surface area contributed by atoms with Gasteiger partial charge in [-0.15, -0.1) is 0 Å². The predicted octanol–water partition coefficient (Wildman–Crippen LogP) is 5.95. The molecule has 4 aliphatic rings. The molecule has 0 aliphatic heterocycles. The highest BCUT2D eigenvalue weighted by molar-refractivity contribution is 5.83. The van der Waals surface area contributed by atoms with Gasteiger partial charge in [0, 0.05) is 12.5 Å². The molecule has 0 N–H and O–H groups in total. The van der Waals surface area contributed by atoms with Gasteiger partial charge in [0.15, 0.2) is 0 Å². The van der Waals surface area contributed by atoms with Crippen molar-refractivity contribution >= 4 is 5.78 Å². The third-order valence-corrected chi connectivity index (χ3v) is 10.0. The number of allylic oxidation sites excluding steroid dienone is 1. The molecule has 3 fully saturated rings. The Morgan fingerprint density at radius 1 is 1.08 bits per heavy atom. The van der Waals surface area contributed by atoms with Crippen LogP contribution < -0.4 is 0 Å². The van der Waals surface area contributed by atoms with E-state index in [2.05, 4.69) is 26.8 Å². The lowest BCUT2D eigenvalue weighted by atomic mass is 9.40. The van der Waals surface area contributed by atoms with Gasteiger partial charge in [0.05, 0.1) is 6.10 Å². The van der Waals surface area contributed by atoms with Gasteiger partial charge in [-0.25, -0.2) is 0 Å². The minimum Gasteiger partial charge on any atom is -0.381 e. The van der Waals surface area contributed by atoms with Crippen molar-refractivity contribution < 1.29 is 9.53 Å². The third kappa shape index (κ3) is 2.36. The molecule has 2 nitrogen and oxygen atoms in total. The van der Waals surface area contributed by atoms with Crippen molar-refractivity contribution in [1.82, 2.24) is 0 Å². The molecular formula is C24H38O2. The van der Waals surface area contributed by atoms with E-state index in [0.717, 1.165) is 30.6 Å². The summed E-state index contributed by atoms with van der Waals surface area (Å²) in [7, 11) is 1.87. The maximum atomic E-state index is 12.7. The van der Waals surface area contributed by atoms with Crippen LogP contribution in [0.2, 0.25) is 0 Å². The summed E-state index contributed by atoms with van der Waals surface area (Å²) in [6.45, 7) is 9.17. The largest absolute Gasteiger partial charge is 0.381 e. The number of hydrogen-bond acceptors (Lipinski definition) is 2. The smallest absolute Gasteiger partial charge is 0.136 e. The second kappa shape index (κ2) is 6.19. The van der Waals surface area contributed by atoms with Gasteiger partial charge in [0.25, 0.3) is 0 Å². The zero-order chi connectivity index (χ0) is 18.7. The van der Waals surface area contributed by atoms with Gasteiger partial charge in [-0.2, -0.15) is 0 Å². The molecule has 0 heterocycles. The molecule has 0 aromatic carbocycles. The number of carbonyl (C=O) groups excluding carboxylic acids is 1. The maximum absolute atomic E-state index is 12.7. The topological polar surface area (TPSA) is 26.3 Å². The van der Waals surface area contributed by atoms with Crippen LogP contribution in [-0.4, -0.2) is 19.0 Å². The molecule has 4 aliphatic carbocycles. The van der Waals surface area contributed by atoms with E-state index in [1.165, 1.54) is 44.9 Å². The van der Waals surface area contributed by atoms with Crippen molar-refractivity contribution in [2.75, 3.05) is 7.11 Å². The first kappa shape index (κ1) is 18.7. The first-order chi connectivity index (χ1) is 12.3. The Kier molecular flexibility index (Phi) is 4.46. The molecule has 2 heteroatoms. The normalized spacial score (nSPS) is 50.9. The lowest BCUT2D eigenvalue weighted by Crippen LogP contribution is -2.58. The summed E-state index contributed by atoms with van der Waals surface area (Å²) in [5.41, 5.74) is 2.15. The number of methoxy groups -OCH3 is 1. The fourth-order valence-electron chi connectivity index (χ4n) is 7.91.